The van der Waals surface area contributed by atoms with Crippen LogP contribution in [0.25, 0.3) is 0 Å². The van der Waals surface area contributed by atoms with Gasteiger partial charge >= 0.3 is 0 Å². The Morgan fingerprint density at radius 3 is 2.13 bits per heavy atom. The van der Waals surface area contributed by atoms with E-state index < -0.39 is 0 Å². The molecule has 0 fully saturated rings. The van der Waals surface area contributed by atoms with Gasteiger partial charge in [-0.25, -0.2) is 0 Å². The maximum atomic E-state index is 12.6. The summed E-state index contributed by atoms with van der Waals surface area (Å²) < 4.78 is 10.6. The topological polar surface area (TPSA) is 67.9 Å². The molecule has 2 rings (SSSR count). The maximum absolute atomic E-state index is 12.6. The van der Waals surface area contributed by atoms with Gasteiger partial charge in [0.2, 0.25) is 5.91 Å². The van der Waals surface area contributed by atoms with Gasteiger partial charge in [0.1, 0.15) is 0 Å². The van der Waals surface area contributed by atoms with Gasteiger partial charge in [-0.05, 0) is 47.7 Å². The zero-order chi connectivity index (χ0) is 22.3. The van der Waals surface area contributed by atoms with E-state index in [1.54, 1.807) is 31.3 Å². The Hall–Kier alpha value is -3.02. The number of rotatable bonds is 8. The minimum atomic E-state index is -0.258. The quantitative estimate of drug-likeness (QED) is 0.717. The highest BCUT2D eigenvalue weighted by molar-refractivity contribution is 5.96. The Kier molecular flexibility index (Phi) is 7.86. The van der Waals surface area contributed by atoms with Crippen molar-refractivity contribution < 1.29 is 19.1 Å². The largest absolute Gasteiger partial charge is 0.493 e. The van der Waals surface area contributed by atoms with Gasteiger partial charge in [-0.3, -0.25) is 9.59 Å². The number of amides is 2. The summed E-state index contributed by atoms with van der Waals surface area (Å²) in [7, 11) is 3.16. The summed E-state index contributed by atoms with van der Waals surface area (Å²) in [6.07, 6.45) is 0. The smallest absolute Gasteiger partial charge is 0.251 e. The normalized spacial score (nSPS) is 11.0. The van der Waals surface area contributed by atoms with E-state index >= 15 is 0 Å². The van der Waals surface area contributed by atoms with E-state index in [9.17, 15) is 9.59 Å². The van der Waals surface area contributed by atoms with Crippen molar-refractivity contribution in [2.24, 2.45) is 0 Å². The van der Waals surface area contributed by atoms with E-state index in [0.29, 0.717) is 30.2 Å². The Bertz CT molecular complexity index is 870. The van der Waals surface area contributed by atoms with Gasteiger partial charge in [-0.1, -0.05) is 39.0 Å². The third kappa shape index (κ3) is 5.99. The highest BCUT2D eigenvalue weighted by atomic mass is 16.5. The lowest BCUT2D eigenvalue weighted by molar-refractivity contribution is -0.130. The van der Waals surface area contributed by atoms with Crippen LogP contribution in [0, 0.1) is 0 Å². The van der Waals surface area contributed by atoms with Crippen molar-refractivity contribution in [1.29, 1.82) is 0 Å². The van der Waals surface area contributed by atoms with Crippen molar-refractivity contribution in [1.82, 2.24) is 10.2 Å². The Morgan fingerprint density at radius 2 is 1.60 bits per heavy atom. The zero-order valence-electron chi connectivity index (χ0n) is 18.7. The lowest BCUT2D eigenvalue weighted by Crippen LogP contribution is -2.39. The first-order valence-corrected chi connectivity index (χ1v) is 10.1. The van der Waals surface area contributed by atoms with Gasteiger partial charge in [-0.15, -0.1) is 0 Å². The second kappa shape index (κ2) is 10.1. The van der Waals surface area contributed by atoms with Crippen LogP contribution in [-0.4, -0.2) is 44.0 Å². The SMILES string of the molecule is CCN(Cc1ccc(OC)c(OC)c1)C(=O)CNC(=O)c1ccc(C(C)(C)C)cc1. The first-order valence-electron chi connectivity index (χ1n) is 10.1. The fourth-order valence-electron chi connectivity index (χ4n) is 3.07. The second-order valence-corrected chi connectivity index (χ2v) is 8.11. The maximum Gasteiger partial charge on any atom is 0.251 e. The molecule has 1 N–H and O–H groups in total. The molecule has 0 bridgehead atoms. The molecule has 2 aromatic carbocycles. The van der Waals surface area contributed by atoms with Crippen LogP contribution < -0.4 is 14.8 Å². The number of nitrogens with one attached hydrogen (secondary N) is 1. The zero-order valence-corrected chi connectivity index (χ0v) is 18.7. The van der Waals surface area contributed by atoms with Crippen LogP contribution >= 0.6 is 0 Å². The molecule has 30 heavy (non-hydrogen) atoms. The first-order chi connectivity index (χ1) is 14.2. The molecule has 0 aliphatic heterocycles. The van der Waals surface area contributed by atoms with E-state index in [2.05, 4.69) is 26.1 Å². The molecule has 6 nitrogen and oxygen atoms in total. The van der Waals surface area contributed by atoms with Gasteiger partial charge in [0, 0.05) is 18.7 Å². The summed E-state index contributed by atoms with van der Waals surface area (Å²) in [4.78, 5) is 26.7. The summed E-state index contributed by atoms with van der Waals surface area (Å²) >= 11 is 0. The van der Waals surface area contributed by atoms with E-state index in [-0.39, 0.29) is 23.8 Å². The molecule has 162 valence electrons. The van der Waals surface area contributed by atoms with Gasteiger partial charge in [0.15, 0.2) is 11.5 Å². The molecule has 0 aromatic heterocycles. The molecule has 0 heterocycles. The average molecular weight is 413 g/mol. The Morgan fingerprint density at radius 1 is 0.967 bits per heavy atom. The molecule has 0 radical (unpaired) electrons. The molecular formula is C24H32N2O4. The van der Waals surface area contributed by atoms with E-state index in [0.717, 1.165) is 11.1 Å². The average Bonchev–Trinajstić information content (AvgIpc) is 2.74. The number of hydrogen-bond donors (Lipinski definition) is 1. The summed E-state index contributed by atoms with van der Waals surface area (Å²) in [6, 6.07) is 13.0. The molecular weight excluding hydrogens is 380 g/mol. The number of nitrogens with zero attached hydrogens (tertiary/aromatic N) is 1. The number of methoxy groups -OCH3 is 2. The van der Waals surface area contributed by atoms with Crippen LogP contribution in [0.4, 0.5) is 0 Å². The Balaban J connectivity index is 1.97. The van der Waals surface area contributed by atoms with Crippen LogP contribution in [0.2, 0.25) is 0 Å². The lowest BCUT2D eigenvalue weighted by Gasteiger charge is -2.22. The van der Waals surface area contributed by atoms with Crippen LogP contribution in [0.3, 0.4) is 0 Å². The molecule has 0 unspecified atom stereocenters. The first kappa shape index (κ1) is 23.3. The second-order valence-electron chi connectivity index (χ2n) is 8.11. The number of carbonyl (C=O) groups excluding carboxylic acids is 2. The summed E-state index contributed by atoms with van der Waals surface area (Å²) in [5.41, 5.74) is 2.64. The van der Waals surface area contributed by atoms with Crippen molar-refractivity contribution in [3.05, 3.63) is 59.2 Å². The van der Waals surface area contributed by atoms with Crippen molar-refractivity contribution in [3.63, 3.8) is 0 Å². The van der Waals surface area contributed by atoms with E-state index in [1.807, 2.05) is 37.3 Å². The number of carbonyl (C=O) groups is 2. The van der Waals surface area contributed by atoms with Crippen LogP contribution in [0.5, 0.6) is 11.5 Å². The molecule has 0 aliphatic rings. The fourth-order valence-corrected chi connectivity index (χ4v) is 3.07. The van der Waals surface area contributed by atoms with E-state index in [4.69, 9.17) is 9.47 Å². The minimum Gasteiger partial charge on any atom is -0.493 e. The van der Waals surface area contributed by atoms with Crippen molar-refractivity contribution >= 4 is 11.8 Å². The Labute approximate surface area is 179 Å². The number of benzene rings is 2. The van der Waals surface area contributed by atoms with Crippen LogP contribution in [-0.2, 0) is 16.8 Å². The molecule has 0 atom stereocenters. The third-order valence-corrected chi connectivity index (χ3v) is 4.97. The molecule has 2 aromatic rings. The highest BCUT2D eigenvalue weighted by Crippen LogP contribution is 2.28. The van der Waals surface area contributed by atoms with Crippen LogP contribution in [0.15, 0.2) is 42.5 Å². The molecule has 0 spiro atoms. The molecule has 0 aliphatic carbocycles. The molecule has 6 heteroatoms. The van der Waals surface area contributed by atoms with Gasteiger partial charge < -0.3 is 19.7 Å². The third-order valence-electron chi connectivity index (χ3n) is 4.97. The standard InChI is InChI=1S/C24H32N2O4/c1-7-26(16-17-8-13-20(29-5)21(14-17)30-6)22(27)15-25-23(28)18-9-11-19(12-10-18)24(2,3)4/h8-14H,7,15-16H2,1-6H3,(H,25,28). The summed E-state index contributed by atoms with van der Waals surface area (Å²) in [6.45, 7) is 9.18. The van der Waals surface area contributed by atoms with Gasteiger partial charge in [0.05, 0.1) is 20.8 Å². The van der Waals surface area contributed by atoms with Gasteiger partial charge in [0.25, 0.3) is 5.91 Å². The number of hydrogen-bond acceptors (Lipinski definition) is 4. The van der Waals surface area contributed by atoms with Crippen molar-refractivity contribution in [3.8, 4) is 11.5 Å². The van der Waals surface area contributed by atoms with E-state index in [1.165, 1.54) is 0 Å². The number of likely N-dealkylation sites (N-methyl/N-ethyl adjacent to an activating group) is 1. The predicted molar refractivity (Wildman–Crippen MR) is 118 cm³/mol. The number of ether oxygens (including phenoxy) is 2. The highest BCUT2D eigenvalue weighted by Gasteiger charge is 2.17. The molecule has 0 saturated heterocycles. The van der Waals surface area contributed by atoms with Crippen molar-refractivity contribution in [2.45, 2.75) is 39.7 Å². The summed E-state index contributed by atoms with van der Waals surface area (Å²) in [5.74, 6) is 0.851. The molecule has 0 saturated carbocycles. The van der Waals surface area contributed by atoms with Crippen LogP contribution in [0.1, 0.15) is 49.2 Å². The summed E-state index contributed by atoms with van der Waals surface area (Å²) in [5, 5.41) is 2.72. The predicted octanol–water partition coefficient (Wildman–Crippen LogP) is 3.78. The molecule has 2 amide bonds. The fraction of sp³-hybridized carbons (Fsp3) is 0.417. The van der Waals surface area contributed by atoms with Gasteiger partial charge in [-0.2, -0.15) is 0 Å². The van der Waals surface area contributed by atoms with Crippen molar-refractivity contribution in [2.75, 3.05) is 27.3 Å². The monoisotopic (exact) mass is 412 g/mol. The lowest BCUT2D eigenvalue weighted by atomic mass is 9.87. The minimum absolute atomic E-state index is 0.0245.